The first kappa shape index (κ1) is 24.9. The van der Waals surface area contributed by atoms with E-state index in [-0.39, 0.29) is 5.57 Å². The molecule has 0 amide bonds. The number of carboxylic acid groups (broad SMARTS) is 1. The molecule has 0 aliphatic rings. The summed E-state index contributed by atoms with van der Waals surface area (Å²) in [4.78, 5) is 9.60. The summed E-state index contributed by atoms with van der Waals surface area (Å²) in [6.07, 6.45) is 3.32. The SMILES string of the molecule is C=C(C)C(=O)O.CCc1cc[c]([Sn]([c]2ccc(CC)cc2)[c]2ccc(CC)cc2)cc1. The summed E-state index contributed by atoms with van der Waals surface area (Å²) in [6, 6.07) is 28.2. The Bertz CT molecular complexity index is 846. The number of hydrogen-bond donors (Lipinski definition) is 1. The van der Waals surface area contributed by atoms with Crippen LogP contribution in [0.4, 0.5) is 0 Å². The predicted molar refractivity (Wildman–Crippen MR) is 135 cm³/mol. The van der Waals surface area contributed by atoms with Gasteiger partial charge >= 0.3 is 166 Å². The Kier molecular flexibility index (Phi) is 10.1. The molecular formula is C28H33O2Sn. The monoisotopic (exact) mass is 521 g/mol. The van der Waals surface area contributed by atoms with Crippen molar-refractivity contribution < 1.29 is 9.90 Å². The van der Waals surface area contributed by atoms with E-state index in [9.17, 15) is 4.79 Å². The molecule has 1 radical (unpaired) electrons. The summed E-state index contributed by atoms with van der Waals surface area (Å²) >= 11 is -2.11. The molecule has 0 saturated heterocycles. The second-order valence-corrected chi connectivity index (χ2v) is 14.7. The van der Waals surface area contributed by atoms with E-state index >= 15 is 0 Å². The predicted octanol–water partition coefficient (Wildman–Crippen LogP) is 4.54. The molecule has 2 nitrogen and oxygen atoms in total. The first-order valence-electron chi connectivity index (χ1n) is 10.9. The Hall–Kier alpha value is -2.33. The maximum atomic E-state index is 9.60. The molecule has 1 N–H and O–H groups in total. The third kappa shape index (κ3) is 7.39. The molecule has 3 aromatic carbocycles. The number of rotatable bonds is 7. The van der Waals surface area contributed by atoms with Crippen molar-refractivity contribution >= 4 is 36.5 Å². The van der Waals surface area contributed by atoms with Crippen LogP contribution >= 0.6 is 0 Å². The van der Waals surface area contributed by atoms with E-state index in [1.54, 1.807) is 10.7 Å². The van der Waals surface area contributed by atoms with E-state index in [0.717, 1.165) is 19.3 Å². The fourth-order valence-electron chi connectivity index (χ4n) is 3.22. The Labute approximate surface area is 194 Å². The molecule has 0 heterocycles. The van der Waals surface area contributed by atoms with Crippen molar-refractivity contribution in [1.82, 2.24) is 0 Å². The maximum absolute atomic E-state index is 9.60. The van der Waals surface area contributed by atoms with E-state index in [1.807, 2.05) is 0 Å². The molecule has 3 aromatic rings. The van der Waals surface area contributed by atoms with Gasteiger partial charge < -0.3 is 5.11 Å². The van der Waals surface area contributed by atoms with Crippen LogP contribution in [-0.2, 0) is 24.1 Å². The van der Waals surface area contributed by atoms with E-state index in [0.29, 0.717) is 0 Å². The fourth-order valence-corrected chi connectivity index (χ4v) is 10.4. The van der Waals surface area contributed by atoms with Crippen LogP contribution in [0.3, 0.4) is 0 Å². The van der Waals surface area contributed by atoms with Gasteiger partial charge in [0, 0.05) is 5.57 Å². The molecule has 0 aliphatic heterocycles. The van der Waals surface area contributed by atoms with Gasteiger partial charge in [-0.3, -0.25) is 0 Å². The van der Waals surface area contributed by atoms with Crippen molar-refractivity contribution in [2.45, 2.75) is 47.0 Å². The standard InChI is InChI=1S/3C8H9.C4H6O2.Sn/c3*1-2-8-6-4-3-5-7-8;1-3(2)4(5)6;/h3*4-7H,2H2,1H3;1H2,2H3,(H,5,6);. The first-order valence-corrected chi connectivity index (χ1v) is 15.2. The van der Waals surface area contributed by atoms with Gasteiger partial charge in [0.25, 0.3) is 0 Å². The molecule has 0 atom stereocenters. The average molecular weight is 520 g/mol. The van der Waals surface area contributed by atoms with Crippen molar-refractivity contribution in [3.8, 4) is 0 Å². The minimum atomic E-state index is -2.11. The summed E-state index contributed by atoms with van der Waals surface area (Å²) in [5, 5.41) is 7.89. The molecule has 0 aliphatic carbocycles. The van der Waals surface area contributed by atoms with Gasteiger partial charge in [0.05, 0.1) is 0 Å². The molecule has 0 unspecified atom stereocenters. The number of hydrogen-bond acceptors (Lipinski definition) is 1. The van der Waals surface area contributed by atoms with Crippen LogP contribution < -0.4 is 10.7 Å². The third-order valence-corrected chi connectivity index (χ3v) is 13.1. The molecule has 0 aromatic heterocycles. The van der Waals surface area contributed by atoms with Gasteiger partial charge in [0.2, 0.25) is 0 Å². The van der Waals surface area contributed by atoms with E-state index < -0.39 is 25.7 Å². The number of carbonyl (C=O) groups is 1. The van der Waals surface area contributed by atoms with Crippen LogP contribution in [0.1, 0.15) is 44.4 Å². The molecule has 31 heavy (non-hydrogen) atoms. The van der Waals surface area contributed by atoms with E-state index in [1.165, 1.54) is 23.6 Å². The van der Waals surface area contributed by atoms with Crippen LogP contribution in [0, 0.1) is 0 Å². The zero-order valence-electron chi connectivity index (χ0n) is 19.1. The summed E-state index contributed by atoms with van der Waals surface area (Å²) in [7, 11) is 0. The van der Waals surface area contributed by atoms with E-state index in [4.69, 9.17) is 5.11 Å². The molecule has 0 bridgehead atoms. The van der Waals surface area contributed by atoms with Gasteiger partial charge in [-0.05, 0) is 6.92 Å². The fraction of sp³-hybridized carbons (Fsp3) is 0.250. The van der Waals surface area contributed by atoms with Gasteiger partial charge in [-0.2, -0.15) is 0 Å². The van der Waals surface area contributed by atoms with Gasteiger partial charge in [-0.25, -0.2) is 4.79 Å². The van der Waals surface area contributed by atoms with Crippen LogP contribution in [0.5, 0.6) is 0 Å². The summed E-state index contributed by atoms with van der Waals surface area (Å²) < 4.78 is 4.69. The first-order chi connectivity index (χ1) is 14.9. The Morgan fingerprint density at radius 1 is 0.677 bits per heavy atom. The van der Waals surface area contributed by atoms with Gasteiger partial charge in [-0.15, -0.1) is 0 Å². The third-order valence-electron chi connectivity index (χ3n) is 5.32. The van der Waals surface area contributed by atoms with Gasteiger partial charge in [-0.1, -0.05) is 6.58 Å². The number of aryl methyl sites for hydroxylation is 3. The average Bonchev–Trinajstić information content (AvgIpc) is 2.81. The van der Waals surface area contributed by atoms with Crippen molar-refractivity contribution in [2.75, 3.05) is 0 Å². The topological polar surface area (TPSA) is 37.3 Å². The molecule has 0 saturated carbocycles. The summed E-state index contributed by atoms with van der Waals surface area (Å²) in [5.74, 6) is -0.935. The summed E-state index contributed by atoms with van der Waals surface area (Å²) in [6.45, 7) is 11.3. The van der Waals surface area contributed by atoms with Crippen LogP contribution in [0.2, 0.25) is 0 Å². The molecule has 3 heteroatoms. The Balaban J connectivity index is 0.000000501. The van der Waals surface area contributed by atoms with Crippen LogP contribution in [-0.4, -0.2) is 30.8 Å². The molecular weight excluding hydrogens is 487 g/mol. The second-order valence-electron chi connectivity index (χ2n) is 7.61. The van der Waals surface area contributed by atoms with Crippen molar-refractivity contribution in [3.63, 3.8) is 0 Å². The van der Waals surface area contributed by atoms with Gasteiger partial charge in [0.15, 0.2) is 0 Å². The summed E-state index contributed by atoms with van der Waals surface area (Å²) in [5.41, 5.74) is 4.45. The van der Waals surface area contributed by atoms with Gasteiger partial charge in [0.1, 0.15) is 0 Å². The number of carboxylic acids is 1. The van der Waals surface area contributed by atoms with E-state index in [2.05, 4.69) is 100 Å². The molecule has 0 fully saturated rings. The Morgan fingerprint density at radius 3 is 1.06 bits per heavy atom. The van der Waals surface area contributed by atoms with Crippen LogP contribution in [0.15, 0.2) is 84.9 Å². The number of benzene rings is 3. The molecule has 3 rings (SSSR count). The van der Waals surface area contributed by atoms with Crippen LogP contribution in [0.25, 0.3) is 0 Å². The van der Waals surface area contributed by atoms with Crippen molar-refractivity contribution in [2.24, 2.45) is 0 Å². The minimum absolute atomic E-state index is 0.176. The second kappa shape index (κ2) is 12.5. The zero-order valence-corrected chi connectivity index (χ0v) is 22.0. The van der Waals surface area contributed by atoms with Crippen molar-refractivity contribution in [1.29, 1.82) is 0 Å². The number of aliphatic carboxylic acids is 1. The normalized spacial score (nSPS) is 10.4. The quantitative estimate of drug-likeness (QED) is 0.367. The zero-order chi connectivity index (χ0) is 22.8. The molecule has 0 spiro atoms. The van der Waals surface area contributed by atoms with Crippen molar-refractivity contribution in [3.05, 3.63) is 102 Å². The molecule has 161 valence electrons. The Morgan fingerprint density at radius 2 is 0.903 bits per heavy atom.